The van der Waals surface area contributed by atoms with Crippen LogP contribution in [0.1, 0.15) is 36.8 Å². The lowest BCUT2D eigenvalue weighted by molar-refractivity contribution is -0.127. The Balaban J connectivity index is 1.22. The van der Waals surface area contributed by atoms with Gasteiger partial charge in [-0.1, -0.05) is 36.4 Å². The number of imide groups is 1. The van der Waals surface area contributed by atoms with Crippen molar-refractivity contribution in [1.82, 2.24) is 24.3 Å². The van der Waals surface area contributed by atoms with Crippen LogP contribution in [0.3, 0.4) is 0 Å². The molecule has 0 spiro atoms. The Hall–Kier alpha value is -2.84. The van der Waals surface area contributed by atoms with E-state index in [1.807, 2.05) is 24.3 Å². The fourth-order valence-corrected chi connectivity index (χ4v) is 5.67. The minimum absolute atomic E-state index is 0.145. The first-order valence-electron chi connectivity index (χ1n) is 11.2. The molecule has 2 N–H and O–H groups in total. The zero-order valence-electron chi connectivity index (χ0n) is 17.9. The number of amides is 3. The molecule has 32 heavy (non-hydrogen) atoms. The summed E-state index contributed by atoms with van der Waals surface area (Å²) in [6.45, 7) is 2.67. The van der Waals surface area contributed by atoms with E-state index in [-0.39, 0.29) is 17.9 Å². The van der Waals surface area contributed by atoms with E-state index in [0.29, 0.717) is 6.42 Å². The van der Waals surface area contributed by atoms with Crippen molar-refractivity contribution in [3.8, 4) is 0 Å². The Labute approximate surface area is 191 Å². The summed E-state index contributed by atoms with van der Waals surface area (Å²) in [6, 6.07) is 16.2. The maximum atomic E-state index is 12.9. The number of nitrogens with one attached hydrogen (secondary N) is 2. The maximum absolute atomic E-state index is 12.9. The molecule has 166 valence electrons. The molecular formula is C24H27N5O2S. The van der Waals surface area contributed by atoms with Crippen LogP contribution in [-0.4, -0.2) is 44.2 Å². The molecular weight excluding hydrogens is 422 g/mol. The highest BCUT2D eigenvalue weighted by atomic mass is 32.1. The smallest absolute Gasteiger partial charge is 0.322 e. The van der Waals surface area contributed by atoms with Crippen LogP contribution >= 0.6 is 11.7 Å². The highest BCUT2D eigenvalue weighted by Crippen LogP contribution is 2.35. The molecule has 0 saturated carbocycles. The summed E-state index contributed by atoms with van der Waals surface area (Å²) in [4.78, 5) is 27.4. The van der Waals surface area contributed by atoms with Crippen LogP contribution in [0, 0.1) is 5.92 Å². The number of likely N-dealkylation sites (tertiary alicyclic amines) is 1. The van der Waals surface area contributed by atoms with Gasteiger partial charge in [0.05, 0.1) is 11.7 Å². The summed E-state index contributed by atoms with van der Waals surface area (Å²) in [6.07, 6.45) is 4.20. The van der Waals surface area contributed by atoms with Gasteiger partial charge in [0, 0.05) is 6.54 Å². The Morgan fingerprint density at radius 2 is 1.78 bits per heavy atom. The van der Waals surface area contributed by atoms with Crippen molar-refractivity contribution in [3.63, 3.8) is 0 Å². The van der Waals surface area contributed by atoms with E-state index in [1.54, 1.807) is 0 Å². The van der Waals surface area contributed by atoms with Crippen molar-refractivity contribution in [2.45, 2.75) is 44.2 Å². The quantitative estimate of drug-likeness (QED) is 0.539. The number of carbonyl (C=O) groups is 2. The average molecular weight is 450 g/mol. The van der Waals surface area contributed by atoms with E-state index in [0.717, 1.165) is 56.4 Å². The fourth-order valence-electron chi connectivity index (χ4n) is 5.16. The van der Waals surface area contributed by atoms with Crippen LogP contribution in [0.25, 0.3) is 11.0 Å². The van der Waals surface area contributed by atoms with Gasteiger partial charge in [0.2, 0.25) is 0 Å². The van der Waals surface area contributed by atoms with Crippen molar-refractivity contribution in [2.75, 3.05) is 13.1 Å². The second-order valence-corrected chi connectivity index (χ2v) is 9.38. The third-order valence-electron chi connectivity index (χ3n) is 6.86. The number of aromatic nitrogens is 2. The summed E-state index contributed by atoms with van der Waals surface area (Å²) >= 11 is 1.24. The number of carbonyl (C=O) groups excluding carboxylic acids is 2. The van der Waals surface area contributed by atoms with Gasteiger partial charge >= 0.3 is 6.03 Å². The Kier molecular flexibility index (Phi) is 5.89. The third-order valence-corrected chi connectivity index (χ3v) is 7.41. The normalized spacial score (nSPS) is 22.2. The number of hydrogen-bond acceptors (Lipinski definition) is 6. The molecule has 1 aromatic heterocycles. The van der Waals surface area contributed by atoms with Crippen molar-refractivity contribution < 1.29 is 9.59 Å². The number of rotatable bonds is 7. The zero-order chi connectivity index (χ0) is 22.0. The minimum Gasteiger partial charge on any atom is -0.323 e. The van der Waals surface area contributed by atoms with Crippen molar-refractivity contribution in [1.29, 1.82) is 0 Å². The largest absolute Gasteiger partial charge is 0.323 e. The Morgan fingerprint density at radius 1 is 1.00 bits per heavy atom. The van der Waals surface area contributed by atoms with Crippen LogP contribution in [0.4, 0.5) is 4.79 Å². The van der Waals surface area contributed by atoms with Gasteiger partial charge in [-0.15, -0.1) is 0 Å². The number of benzene rings is 2. The van der Waals surface area contributed by atoms with Crippen molar-refractivity contribution in [3.05, 3.63) is 59.7 Å². The molecule has 3 aromatic rings. The Bertz CT molecular complexity index is 1110. The zero-order valence-corrected chi connectivity index (χ0v) is 18.7. The Morgan fingerprint density at radius 3 is 2.53 bits per heavy atom. The van der Waals surface area contributed by atoms with Gasteiger partial charge in [0.1, 0.15) is 16.6 Å². The van der Waals surface area contributed by atoms with Gasteiger partial charge in [-0.3, -0.25) is 15.0 Å². The van der Waals surface area contributed by atoms with Crippen LogP contribution < -0.4 is 10.6 Å². The highest BCUT2D eigenvalue weighted by molar-refractivity contribution is 7.00. The second-order valence-electron chi connectivity index (χ2n) is 8.86. The molecule has 7 nitrogen and oxygen atoms in total. The molecule has 2 aliphatic heterocycles. The van der Waals surface area contributed by atoms with Crippen LogP contribution in [0.15, 0.2) is 48.5 Å². The minimum atomic E-state index is -0.789. The molecule has 2 aliphatic rings. The highest BCUT2D eigenvalue weighted by Gasteiger charge is 2.51. The molecule has 1 unspecified atom stereocenters. The number of fused-ring (bicyclic) bond motifs is 1. The summed E-state index contributed by atoms with van der Waals surface area (Å²) in [5.74, 6) is -0.0123. The van der Waals surface area contributed by atoms with Gasteiger partial charge in [-0.25, -0.2) is 4.79 Å². The van der Waals surface area contributed by atoms with Gasteiger partial charge in [0.25, 0.3) is 5.91 Å². The molecule has 0 radical (unpaired) electrons. The number of hydrogen-bond donors (Lipinski definition) is 2. The van der Waals surface area contributed by atoms with E-state index < -0.39 is 5.54 Å². The van der Waals surface area contributed by atoms with Crippen molar-refractivity contribution >= 4 is 34.7 Å². The van der Waals surface area contributed by atoms with Gasteiger partial charge in [-0.05, 0) is 74.4 Å². The molecule has 3 heterocycles. The second kappa shape index (κ2) is 8.96. The first-order chi connectivity index (χ1) is 15.6. The van der Waals surface area contributed by atoms with Crippen molar-refractivity contribution in [2.24, 2.45) is 5.92 Å². The van der Waals surface area contributed by atoms with Crippen LogP contribution in [0.2, 0.25) is 0 Å². The van der Waals surface area contributed by atoms with E-state index in [9.17, 15) is 9.59 Å². The molecule has 0 aliphatic carbocycles. The van der Waals surface area contributed by atoms with E-state index in [2.05, 4.69) is 48.5 Å². The molecule has 2 fully saturated rings. The first-order valence-corrected chi connectivity index (χ1v) is 12.0. The number of piperidine rings is 1. The van der Waals surface area contributed by atoms with Crippen LogP contribution in [0.5, 0.6) is 0 Å². The molecule has 3 amide bonds. The SMILES string of the molecule is O=C1NC(=O)C(CCCc2ccccc2)(C2CCN(Cc3ccc4nsnc4c3)CC2)N1. The van der Waals surface area contributed by atoms with Crippen LogP contribution in [-0.2, 0) is 17.8 Å². The third kappa shape index (κ3) is 4.25. The number of nitrogens with zero attached hydrogens (tertiary/aromatic N) is 3. The van der Waals surface area contributed by atoms with Gasteiger partial charge in [-0.2, -0.15) is 8.75 Å². The summed E-state index contributed by atoms with van der Waals surface area (Å²) in [5.41, 5.74) is 3.59. The topological polar surface area (TPSA) is 87.2 Å². The monoisotopic (exact) mass is 449 g/mol. The number of urea groups is 1. The summed E-state index contributed by atoms with van der Waals surface area (Å²) in [5, 5.41) is 5.53. The lowest BCUT2D eigenvalue weighted by Crippen LogP contribution is -2.56. The molecule has 0 bridgehead atoms. The standard InChI is InChI=1S/C24H27N5O2S/c30-22-24(26-23(31)25-22,12-4-7-17-5-2-1-3-6-17)19-10-13-29(14-11-19)16-18-8-9-20-21(15-18)28-32-27-20/h1-3,5-6,8-9,15,19H,4,7,10-14,16H2,(H2,25,26,30,31). The van der Waals surface area contributed by atoms with E-state index >= 15 is 0 Å². The average Bonchev–Trinajstić information content (AvgIpc) is 3.38. The molecule has 2 saturated heterocycles. The summed E-state index contributed by atoms with van der Waals surface area (Å²) in [7, 11) is 0. The van der Waals surface area contributed by atoms with E-state index in [4.69, 9.17) is 0 Å². The molecule has 1 atom stereocenters. The molecule has 2 aromatic carbocycles. The lowest BCUT2D eigenvalue weighted by atomic mass is 9.74. The predicted molar refractivity (Wildman–Crippen MR) is 124 cm³/mol. The predicted octanol–water partition coefficient (Wildman–Crippen LogP) is 3.50. The van der Waals surface area contributed by atoms with Gasteiger partial charge in [0.15, 0.2) is 0 Å². The fraction of sp³-hybridized carbons (Fsp3) is 0.417. The molecule has 5 rings (SSSR count). The van der Waals surface area contributed by atoms with Gasteiger partial charge < -0.3 is 5.32 Å². The summed E-state index contributed by atoms with van der Waals surface area (Å²) < 4.78 is 8.61. The van der Waals surface area contributed by atoms with E-state index in [1.165, 1.54) is 22.9 Å². The first kappa shape index (κ1) is 21.0. The molecule has 8 heteroatoms. The lowest BCUT2D eigenvalue weighted by Gasteiger charge is -2.40. The maximum Gasteiger partial charge on any atom is 0.322 e. The number of aryl methyl sites for hydroxylation is 1.